The molecule has 3 fully saturated rings. The van der Waals surface area contributed by atoms with Crippen molar-refractivity contribution in [3.8, 4) is 5.75 Å². The van der Waals surface area contributed by atoms with Gasteiger partial charge in [-0.25, -0.2) is 9.37 Å². The van der Waals surface area contributed by atoms with Crippen molar-refractivity contribution in [2.24, 2.45) is 5.41 Å². The fourth-order valence-electron chi connectivity index (χ4n) is 6.10. The Hall–Kier alpha value is -3.32. The standard InChI is InChI=1S/C26H27F5N4O4/c1-24-7-8-25(24,26(29,30)31)39-22(19(24)15-4-5-16(27)20(28)21(15)38-3)23(37)33-14-6-9-32-17(12-14)35-11-10-34(2)13-18(35)36/h4-6,9,12,19,22H,7-8,10-11,13H2,1-3H3,(H,32,33,37)/t19-,22+,24+,25+/m0/s1. The molecule has 4 atom stereocenters. The Kier molecular flexibility index (Phi) is 6.57. The van der Waals surface area contributed by atoms with E-state index in [1.165, 1.54) is 30.2 Å². The first-order valence-electron chi connectivity index (χ1n) is 12.4. The predicted molar refractivity (Wildman–Crippen MR) is 129 cm³/mol. The van der Waals surface area contributed by atoms with Crippen LogP contribution in [0.1, 0.15) is 31.2 Å². The van der Waals surface area contributed by atoms with E-state index in [4.69, 9.17) is 9.47 Å². The highest BCUT2D eigenvalue weighted by Crippen LogP contribution is 2.71. The molecule has 210 valence electrons. The largest absolute Gasteiger partial charge is 0.493 e. The molecule has 0 spiro atoms. The number of benzene rings is 1. The van der Waals surface area contributed by atoms with E-state index in [1.807, 2.05) is 4.90 Å². The van der Waals surface area contributed by atoms with Crippen LogP contribution in [0.2, 0.25) is 0 Å². The van der Waals surface area contributed by atoms with Gasteiger partial charge >= 0.3 is 6.18 Å². The van der Waals surface area contributed by atoms with Crippen molar-refractivity contribution in [1.82, 2.24) is 9.88 Å². The molecule has 0 unspecified atom stereocenters. The molecule has 39 heavy (non-hydrogen) atoms. The number of pyridine rings is 1. The first-order valence-corrected chi connectivity index (χ1v) is 12.4. The van der Waals surface area contributed by atoms with Gasteiger partial charge in [-0.15, -0.1) is 0 Å². The zero-order chi connectivity index (χ0) is 28.3. The summed E-state index contributed by atoms with van der Waals surface area (Å²) in [6.07, 6.45) is -5.52. The third-order valence-corrected chi connectivity index (χ3v) is 8.27. The number of carbonyl (C=O) groups excluding carboxylic acids is 2. The number of alkyl halides is 3. The third kappa shape index (κ3) is 4.13. The van der Waals surface area contributed by atoms with E-state index in [2.05, 4.69) is 10.3 Å². The van der Waals surface area contributed by atoms with E-state index in [0.717, 1.165) is 19.2 Å². The van der Waals surface area contributed by atoms with Gasteiger partial charge in [-0.1, -0.05) is 13.0 Å². The van der Waals surface area contributed by atoms with Crippen LogP contribution in [-0.4, -0.2) is 73.4 Å². The molecule has 2 amide bonds. The summed E-state index contributed by atoms with van der Waals surface area (Å²) in [6.45, 7) is 2.50. The fourth-order valence-corrected chi connectivity index (χ4v) is 6.10. The molecule has 2 aliphatic heterocycles. The zero-order valence-electron chi connectivity index (χ0n) is 21.4. The lowest BCUT2D eigenvalue weighted by atomic mass is 9.51. The number of aromatic nitrogens is 1. The summed E-state index contributed by atoms with van der Waals surface area (Å²) in [4.78, 5) is 33.5. The number of hydrogen-bond acceptors (Lipinski definition) is 6. The number of methoxy groups -OCH3 is 1. The van der Waals surface area contributed by atoms with Gasteiger partial charge in [0.1, 0.15) is 11.9 Å². The first kappa shape index (κ1) is 27.3. The highest BCUT2D eigenvalue weighted by atomic mass is 19.4. The molecule has 13 heteroatoms. The molecule has 1 N–H and O–H groups in total. The monoisotopic (exact) mass is 554 g/mol. The summed E-state index contributed by atoms with van der Waals surface area (Å²) in [7, 11) is 2.88. The second kappa shape index (κ2) is 9.40. The number of rotatable bonds is 5. The Morgan fingerprint density at radius 1 is 1.21 bits per heavy atom. The molecule has 0 bridgehead atoms. The van der Waals surface area contributed by atoms with Gasteiger partial charge in [0.2, 0.25) is 11.7 Å². The average Bonchev–Trinajstić information content (AvgIpc) is 3.04. The molecule has 1 aliphatic carbocycles. The van der Waals surface area contributed by atoms with Crippen LogP contribution in [0.15, 0.2) is 30.5 Å². The molecular weight excluding hydrogens is 527 g/mol. The molecule has 1 saturated carbocycles. The van der Waals surface area contributed by atoms with Crippen molar-refractivity contribution < 1.29 is 41.0 Å². The fraction of sp³-hybridized carbons (Fsp3) is 0.500. The number of likely N-dealkylation sites (N-methyl/N-ethyl adjacent to an activating group) is 1. The van der Waals surface area contributed by atoms with Crippen molar-refractivity contribution in [1.29, 1.82) is 0 Å². The normalized spacial score (nSPS) is 29.1. The molecule has 3 heterocycles. The number of hydrogen-bond donors (Lipinski definition) is 1. The number of piperazine rings is 1. The van der Waals surface area contributed by atoms with Gasteiger partial charge in [0.15, 0.2) is 17.2 Å². The van der Waals surface area contributed by atoms with Crippen LogP contribution in [0.3, 0.4) is 0 Å². The maximum atomic E-state index is 14.7. The third-order valence-electron chi connectivity index (χ3n) is 8.27. The van der Waals surface area contributed by atoms with Crippen LogP contribution in [0.4, 0.5) is 33.5 Å². The first-order chi connectivity index (χ1) is 18.3. The number of carbonyl (C=O) groups is 2. The Labute approximate surface area is 221 Å². The molecule has 2 aromatic rings. The summed E-state index contributed by atoms with van der Waals surface area (Å²) in [5.74, 6) is -5.31. The molecule has 5 rings (SSSR count). The van der Waals surface area contributed by atoms with Gasteiger partial charge in [-0.3, -0.25) is 19.4 Å². The van der Waals surface area contributed by atoms with E-state index in [9.17, 15) is 31.5 Å². The highest BCUT2D eigenvalue weighted by molar-refractivity contribution is 5.98. The van der Waals surface area contributed by atoms with Crippen molar-refractivity contribution in [3.63, 3.8) is 0 Å². The molecule has 0 radical (unpaired) electrons. The number of nitrogens with one attached hydrogen (secondary N) is 1. The van der Waals surface area contributed by atoms with Gasteiger partial charge in [0, 0.05) is 47.9 Å². The molecule has 8 nitrogen and oxygen atoms in total. The number of fused-ring (bicyclic) bond motifs is 1. The summed E-state index contributed by atoms with van der Waals surface area (Å²) in [6, 6.07) is 4.80. The van der Waals surface area contributed by atoms with E-state index >= 15 is 0 Å². The quantitative estimate of drug-likeness (QED) is 0.566. The Morgan fingerprint density at radius 3 is 2.56 bits per heavy atom. The SMILES string of the molecule is COc1c([C@H]2[C@H](C(=O)Nc3ccnc(N4CCN(C)CC4=O)c3)O[C@]3(C(F)(F)F)CC[C@]23C)ccc(F)c1F. The summed E-state index contributed by atoms with van der Waals surface area (Å²) >= 11 is 0. The summed E-state index contributed by atoms with van der Waals surface area (Å²) < 4.78 is 82.5. The van der Waals surface area contributed by atoms with Crippen LogP contribution in [0.25, 0.3) is 0 Å². The van der Waals surface area contributed by atoms with E-state index in [-0.39, 0.29) is 42.4 Å². The minimum Gasteiger partial charge on any atom is -0.493 e. The van der Waals surface area contributed by atoms with E-state index < -0.39 is 52.5 Å². The Morgan fingerprint density at radius 2 is 1.95 bits per heavy atom. The van der Waals surface area contributed by atoms with Gasteiger partial charge < -0.3 is 14.8 Å². The average molecular weight is 555 g/mol. The van der Waals surface area contributed by atoms with E-state index in [0.29, 0.717) is 13.1 Å². The molecule has 3 aliphatic rings. The minimum absolute atomic E-state index is 0.0357. The number of nitrogens with zero attached hydrogens (tertiary/aromatic N) is 3. The lowest BCUT2D eigenvalue weighted by Crippen LogP contribution is -2.63. The highest BCUT2D eigenvalue weighted by Gasteiger charge is 2.80. The topological polar surface area (TPSA) is 84.0 Å². The van der Waals surface area contributed by atoms with Gasteiger partial charge in [-0.2, -0.15) is 17.6 Å². The van der Waals surface area contributed by atoms with Gasteiger partial charge in [-0.05, 0) is 32.0 Å². The lowest BCUT2D eigenvalue weighted by Gasteiger charge is -2.54. The van der Waals surface area contributed by atoms with Crippen LogP contribution < -0.4 is 15.0 Å². The molecule has 2 saturated heterocycles. The molecule has 1 aromatic carbocycles. The number of halogens is 5. The second-order valence-electron chi connectivity index (χ2n) is 10.4. The van der Waals surface area contributed by atoms with Crippen molar-refractivity contribution >= 4 is 23.3 Å². The number of amides is 2. The molecule has 1 aromatic heterocycles. The summed E-state index contributed by atoms with van der Waals surface area (Å²) in [5.41, 5.74) is -4.22. The zero-order valence-corrected chi connectivity index (χ0v) is 21.4. The maximum absolute atomic E-state index is 14.7. The van der Waals surface area contributed by atoms with Crippen LogP contribution in [-0.2, 0) is 14.3 Å². The number of anilines is 2. The van der Waals surface area contributed by atoms with Crippen LogP contribution in [0, 0.1) is 17.0 Å². The molecular formula is C26H27F5N4O4. The Bertz CT molecular complexity index is 1320. The second-order valence-corrected chi connectivity index (χ2v) is 10.4. The van der Waals surface area contributed by atoms with E-state index in [1.54, 1.807) is 7.05 Å². The predicted octanol–water partition coefficient (Wildman–Crippen LogP) is 3.87. The maximum Gasteiger partial charge on any atom is 0.418 e. The van der Waals surface area contributed by atoms with Crippen LogP contribution >= 0.6 is 0 Å². The Balaban J connectivity index is 1.51. The number of ether oxygens (including phenoxy) is 2. The van der Waals surface area contributed by atoms with Gasteiger partial charge in [0.05, 0.1) is 13.7 Å². The van der Waals surface area contributed by atoms with Crippen molar-refractivity contribution in [3.05, 3.63) is 47.7 Å². The van der Waals surface area contributed by atoms with Gasteiger partial charge in [0.25, 0.3) is 5.91 Å². The lowest BCUT2D eigenvalue weighted by molar-refractivity contribution is -0.328. The smallest absolute Gasteiger partial charge is 0.418 e. The summed E-state index contributed by atoms with van der Waals surface area (Å²) in [5, 5.41) is 2.58. The van der Waals surface area contributed by atoms with Crippen molar-refractivity contribution in [2.75, 3.05) is 44.0 Å². The minimum atomic E-state index is -4.83. The van der Waals surface area contributed by atoms with Crippen molar-refractivity contribution in [2.45, 2.75) is 43.6 Å². The van der Waals surface area contributed by atoms with Crippen LogP contribution in [0.5, 0.6) is 5.75 Å².